The van der Waals surface area contributed by atoms with Crippen LogP contribution in [0.3, 0.4) is 0 Å². The molecule has 0 amide bonds. The minimum atomic E-state index is 0.120. The maximum absolute atomic E-state index is 5.83. The number of amidine groups is 1. The average molecular weight is 810 g/mol. The zero-order valence-electron chi connectivity index (χ0n) is 34.1. The molecule has 11 aromatic rings. The molecule has 62 heavy (non-hydrogen) atoms. The fourth-order valence-corrected chi connectivity index (χ4v) is 11.5. The molecule has 0 spiro atoms. The van der Waals surface area contributed by atoms with Crippen LogP contribution < -0.4 is 0 Å². The van der Waals surface area contributed by atoms with Crippen molar-refractivity contribution < 1.29 is 0 Å². The molecule has 2 aliphatic rings. The minimum Gasteiger partial charge on any atom is -0.309 e. The molecule has 292 valence electrons. The number of aromatic nitrogens is 1. The first-order valence-corrected chi connectivity index (χ1v) is 22.4. The van der Waals surface area contributed by atoms with Gasteiger partial charge < -0.3 is 4.57 Å². The van der Waals surface area contributed by atoms with E-state index < -0.39 is 0 Å². The van der Waals surface area contributed by atoms with Crippen molar-refractivity contribution >= 4 is 92.1 Å². The molecule has 0 bridgehead atoms. The number of benzene rings is 9. The van der Waals surface area contributed by atoms with E-state index in [1.54, 1.807) is 0 Å². The highest BCUT2D eigenvalue weighted by atomic mass is 32.1. The van der Waals surface area contributed by atoms with Crippen LogP contribution >= 0.6 is 11.3 Å². The second kappa shape index (κ2) is 13.8. The van der Waals surface area contributed by atoms with E-state index in [-0.39, 0.29) is 5.92 Å². The van der Waals surface area contributed by atoms with Crippen molar-refractivity contribution in [2.75, 3.05) is 0 Å². The number of nitrogens with zero attached hydrogens (tertiary/aromatic N) is 3. The third-order valence-electron chi connectivity index (χ3n) is 13.3. The van der Waals surface area contributed by atoms with Gasteiger partial charge in [-0.1, -0.05) is 159 Å². The van der Waals surface area contributed by atoms with Gasteiger partial charge in [-0.25, -0.2) is 9.98 Å². The molecule has 1 aliphatic carbocycles. The summed E-state index contributed by atoms with van der Waals surface area (Å²) in [7, 11) is 0. The first-order chi connectivity index (χ1) is 30.6. The molecule has 4 heteroatoms. The number of para-hydroxylation sites is 1. The molecule has 3 nitrogen and oxygen atoms in total. The molecule has 0 N–H and O–H groups in total. The second-order valence-corrected chi connectivity index (χ2v) is 18.0. The summed E-state index contributed by atoms with van der Waals surface area (Å²) < 4.78 is 5.09. The van der Waals surface area contributed by atoms with Crippen LogP contribution in [0.25, 0.3) is 86.0 Å². The number of hydrogen-bond donors (Lipinski definition) is 0. The summed E-state index contributed by atoms with van der Waals surface area (Å²) in [4.78, 5) is 11.6. The third kappa shape index (κ3) is 5.43. The number of rotatable bonds is 4. The highest BCUT2D eigenvalue weighted by Crippen LogP contribution is 2.46. The molecule has 0 saturated heterocycles. The van der Waals surface area contributed by atoms with Gasteiger partial charge >= 0.3 is 0 Å². The van der Waals surface area contributed by atoms with E-state index in [0.717, 1.165) is 52.3 Å². The topological polar surface area (TPSA) is 29.6 Å². The van der Waals surface area contributed by atoms with Crippen LogP contribution in [0.15, 0.2) is 198 Å². The predicted octanol–water partition coefficient (Wildman–Crippen LogP) is 15.3. The zero-order chi connectivity index (χ0) is 40.9. The lowest BCUT2D eigenvalue weighted by Gasteiger charge is -2.22. The van der Waals surface area contributed by atoms with Crippen molar-refractivity contribution in [1.29, 1.82) is 0 Å². The van der Waals surface area contributed by atoms with E-state index in [1.165, 1.54) is 86.0 Å². The second-order valence-electron chi connectivity index (χ2n) is 16.9. The molecule has 1 aliphatic heterocycles. The van der Waals surface area contributed by atoms with Gasteiger partial charge in [0, 0.05) is 48.0 Å². The molecule has 13 rings (SSSR count). The average Bonchev–Trinajstić information content (AvgIpc) is 3.98. The number of aliphatic imine (C=N–C) groups is 2. The van der Waals surface area contributed by atoms with E-state index in [4.69, 9.17) is 9.98 Å². The van der Waals surface area contributed by atoms with Crippen molar-refractivity contribution in [2.24, 2.45) is 15.9 Å². The van der Waals surface area contributed by atoms with Gasteiger partial charge in [0.1, 0.15) is 0 Å². The van der Waals surface area contributed by atoms with Gasteiger partial charge in [-0.05, 0) is 98.6 Å². The molecular formula is C58H39N3S. The Morgan fingerprint density at radius 1 is 0.516 bits per heavy atom. The Kier molecular flexibility index (Phi) is 7.88. The van der Waals surface area contributed by atoms with Gasteiger partial charge in [0.15, 0.2) is 5.84 Å². The summed E-state index contributed by atoms with van der Waals surface area (Å²) in [6.07, 6.45) is 4.04. The van der Waals surface area contributed by atoms with Crippen molar-refractivity contribution in [1.82, 2.24) is 4.57 Å². The Morgan fingerprint density at radius 2 is 1.23 bits per heavy atom. The van der Waals surface area contributed by atoms with Crippen LogP contribution in [-0.2, 0) is 6.42 Å². The Hall–Kier alpha value is -7.40. The van der Waals surface area contributed by atoms with Crippen LogP contribution in [0.5, 0.6) is 0 Å². The summed E-state index contributed by atoms with van der Waals surface area (Å²) in [6.45, 7) is 2.33. The fraction of sp³-hybridized carbons (Fsp3) is 0.0690. The van der Waals surface area contributed by atoms with Crippen molar-refractivity contribution in [2.45, 2.75) is 19.8 Å². The molecule has 0 radical (unpaired) electrons. The normalized spacial score (nSPS) is 16.0. The quantitative estimate of drug-likeness (QED) is 0.169. The molecule has 0 saturated carbocycles. The number of hydrogen-bond acceptors (Lipinski definition) is 3. The van der Waals surface area contributed by atoms with E-state index in [1.807, 2.05) is 11.3 Å². The Labute approximate surface area is 363 Å². The first kappa shape index (κ1) is 35.4. The first-order valence-electron chi connectivity index (χ1n) is 21.6. The molecule has 9 aromatic carbocycles. The van der Waals surface area contributed by atoms with Crippen LogP contribution in [-0.4, -0.2) is 16.1 Å². The molecule has 1 unspecified atom stereocenters. The maximum atomic E-state index is 5.83. The largest absolute Gasteiger partial charge is 0.309 e. The van der Waals surface area contributed by atoms with Gasteiger partial charge in [0.2, 0.25) is 0 Å². The summed E-state index contributed by atoms with van der Waals surface area (Å²) in [5.41, 5.74) is 14.1. The van der Waals surface area contributed by atoms with Crippen molar-refractivity contribution in [3.63, 3.8) is 0 Å². The summed E-state index contributed by atoms with van der Waals surface area (Å²) in [6, 6.07) is 66.7. The van der Waals surface area contributed by atoms with Crippen molar-refractivity contribution in [3.8, 4) is 16.8 Å². The number of allylic oxidation sites excluding steroid dienone is 1. The van der Waals surface area contributed by atoms with E-state index in [2.05, 4.69) is 200 Å². The summed E-state index contributed by atoms with van der Waals surface area (Å²) in [5, 5.41) is 9.88. The standard InChI is InChI=1S/C58H39N3S/c1-35-25-29-50(59-58(47-22-12-17-36-13-4-6-18-41(36)47)60-57(35)40-26-27-46-45-21-9-11-24-54(45)62-55(46)34-40)56-49-32-39-16-5-7-19-42(39)43(49)28-30-52(56)61-51-23-10-8-20-44(51)48-31-37-14-2-3-15-38(37)33-53(48)61/h2-24,26-31,33-35H,25,32H2,1H3/b50-29+,59-58?,60-57?. The molecular weight excluding hydrogens is 771 g/mol. The van der Waals surface area contributed by atoms with Gasteiger partial charge in [0.25, 0.3) is 0 Å². The maximum Gasteiger partial charge on any atom is 0.160 e. The fourth-order valence-electron chi connectivity index (χ4n) is 10.3. The molecule has 3 heterocycles. The number of fused-ring (bicyclic) bond motifs is 11. The number of thiophene rings is 1. The summed E-state index contributed by atoms with van der Waals surface area (Å²) in [5.74, 6) is 0.854. The highest BCUT2D eigenvalue weighted by Gasteiger charge is 2.29. The predicted molar refractivity (Wildman–Crippen MR) is 265 cm³/mol. The third-order valence-corrected chi connectivity index (χ3v) is 14.4. The van der Waals surface area contributed by atoms with Crippen LogP contribution in [0.2, 0.25) is 0 Å². The lowest BCUT2D eigenvalue weighted by atomic mass is 9.91. The van der Waals surface area contributed by atoms with Gasteiger partial charge in [0.05, 0.1) is 28.1 Å². The Bertz CT molecular complexity index is 3780. The Morgan fingerprint density at radius 3 is 2.13 bits per heavy atom. The highest BCUT2D eigenvalue weighted by molar-refractivity contribution is 7.25. The minimum absolute atomic E-state index is 0.120. The molecule has 1 atom stereocenters. The van der Waals surface area contributed by atoms with Crippen molar-refractivity contribution in [3.05, 3.63) is 216 Å². The van der Waals surface area contributed by atoms with E-state index in [0.29, 0.717) is 0 Å². The van der Waals surface area contributed by atoms with Crippen LogP contribution in [0, 0.1) is 5.92 Å². The molecule has 0 fully saturated rings. The Balaban J connectivity index is 1.09. The van der Waals surface area contributed by atoms with E-state index >= 15 is 0 Å². The smallest absolute Gasteiger partial charge is 0.160 e. The molecule has 2 aromatic heterocycles. The summed E-state index contributed by atoms with van der Waals surface area (Å²) >= 11 is 1.86. The lowest BCUT2D eigenvalue weighted by molar-refractivity contribution is 0.790. The van der Waals surface area contributed by atoms with Crippen LogP contribution in [0.1, 0.15) is 41.2 Å². The zero-order valence-corrected chi connectivity index (χ0v) is 35.0. The van der Waals surface area contributed by atoms with Crippen LogP contribution in [0.4, 0.5) is 0 Å². The lowest BCUT2D eigenvalue weighted by Crippen LogP contribution is -2.17. The van der Waals surface area contributed by atoms with Gasteiger partial charge in [-0.3, -0.25) is 0 Å². The van der Waals surface area contributed by atoms with E-state index in [9.17, 15) is 0 Å². The van der Waals surface area contributed by atoms with Gasteiger partial charge in [-0.2, -0.15) is 0 Å². The SMILES string of the molecule is CC1C/C=C(\c2c(-n3c4ccccc4c4cc5ccccc5cc43)ccc3c2Cc2ccccc2-3)N=C(c2cccc3ccccc23)N=C1c1ccc2c(c1)sc1ccccc12. The monoisotopic (exact) mass is 809 g/mol. The van der Waals surface area contributed by atoms with Gasteiger partial charge in [-0.15, -0.1) is 11.3 Å².